The van der Waals surface area contributed by atoms with Crippen molar-refractivity contribution in [3.63, 3.8) is 0 Å². The maximum atomic E-state index is 13.8. The van der Waals surface area contributed by atoms with E-state index in [2.05, 4.69) is 66.8 Å². The standard InChI is InChI=1S/C29H30N2O2S2/c1-3-17-30-27(32)29(23-12-7-5-10-21(23)22-11-6-8-13-24(22)29)16-9-18-34-28-31-25-15-14-20(33-4-2)19-26(25)35-28/h5-8,10-15,19H,3-4,9,16-18H2,1-2H3,(H,30,32). The fourth-order valence-corrected chi connectivity index (χ4v) is 7.15. The number of rotatable bonds is 10. The molecule has 0 saturated carbocycles. The Labute approximate surface area is 215 Å². The molecule has 180 valence electrons. The van der Waals surface area contributed by atoms with E-state index < -0.39 is 5.41 Å². The summed E-state index contributed by atoms with van der Waals surface area (Å²) in [5.74, 6) is 1.91. The van der Waals surface area contributed by atoms with Crippen LogP contribution in [-0.2, 0) is 10.2 Å². The van der Waals surface area contributed by atoms with E-state index in [1.54, 1.807) is 23.1 Å². The highest BCUT2D eigenvalue weighted by Crippen LogP contribution is 2.51. The number of nitrogens with zero attached hydrogens (tertiary/aromatic N) is 1. The Bertz CT molecular complexity index is 1300. The van der Waals surface area contributed by atoms with E-state index in [9.17, 15) is 4.79 Å². The molecular weight excluding hydrogens is 472 g/mol. The van der Waals surface area contributed by atoms with Gasteiger partial charge in [0.05, 0.1) is 16.8 Å². The molecule has 1 heterocycles. The normalized spacial score (nSPS) is 13.4. The topological polar surface area (TPSA) is 51.2 Å². The lowest BCUT2D eigenvalue weighted by Gasteiger charge is -2.31. The smallest absolute Gasteiger partial charge is 0.235 e. The minimum atomic E-state index is -0.650. The molecule has 0 aliphatic heterocycles. The maximum Gasteiger partial charge on any atom is 0.235 e. The molecule has 4 nitrogen and oxygen atoms in total. The fourth-order valence-electron chi connectivity index (χ4n) is 5.04. The van der Waals surface area contributed by atoms with Crippen LogP contribution in [0.15, 0.2) is 71.1 Å². The predicted octanol–water partition coefficient (Wildman–Crippen LogP) is 7.06. The summed E-state index contributed by atoms with van der Waals surface area (Å²) >= 11 is 3.48. The van der Waals surface area contributed by atoms with E-state index in [-0.39, 0.29) is 5.91 Å². The third-order valence-electron chi connectivity index (χ3n) is 6.56. The lowest BCUT2D eigenvalue weighted by molar-refractivity contribution is -0.125. The number of benzene rings is 3. The SMILES string of the molecule is CCCNC(=O)C1(CCCSc2nc3ccc(OCC)cc3s2)c2ccccc2-c2ccccc21. The molecule has 1 amide bonds. The highest BCUT2D eigenvalue weighted by atomic mass is 32.2. The van der Waals surface area contributed by atoms with Crippen LogP contribution in [0, 0.1) is 0 Å². The molecule has 0 spiro atoms. The zero-order chi connectivity index (χ0) is 24.3. The van der Waals surface area contributed by atoms with Gasteiger partial charge in [0.1, 0.15) is 11.2 Å². The van der Waals surface area contributed by atoms with Gasteiger partial charge in [-0.05, 0) is 66.6 Å². The van der Waals surface area contributed by atoms with E-state index in [1.165, 1.54) is 11.1 Å². The first-order valence-corrected chi connectivity index (χ1v) is 14.1. The molecule has 0 atom stereocenters. The van der Waals surface area contributed by atoms with E-state index in [0.29, 0.717) is 13.2 Å². The molecule has 1 aliphatic rings. The second kappa shape index (κ2) is 10.4. The van der Waals surface area contributed by atoms with Crippen LogP contribution >= 0.6 is 23.1 Å². The van der Waals surface area contributed by atoms with Crippen LogP contribution in [0.5, 0.6) is 5.75 Å². The molecule has 35 heavy (non-hydrogen) atoms. The van der Waals surface area contributed by atoms with Crippen LogP contribution in [0.1, 0.15) is 44.2 Å². The Kier molecular flexibility index (Phi) is 7.12. The second-order valence-corrected chi connectivity index (χ2v) is 11.1. The van der Waals surface area contributed by atoms with Gasteiger partial charge in [-0.3, -0.25) is 4.79 Å². The van der Waals surface area contributed by atoms with E-state index >= 15 is 0 Å². The van der Waals surface area contributed by atoms with Crippen LogP contribution in [-0.4, -0.2) is 29.8 Å². The number of ether oxygens (including phenoxy) is 1. The summed E-state index contributed by atoms with van der Waals surface area (Å²) in [6.45, 7) is 5.44. The monoisotopic (exact) mass is 502 g/mol. The molecule has 0 saturated heterocycles. The molecule has 1 N–H and O–H groups in total. The summed E-state index contributed by atoms with van der Waals surface area (Å²) in [6.07, 6.45) is 2.60. The zero-order valence-corrected chi connectivity index (χ0v) is 21.8. The summed E-state index contributed by atoms with van der Waals surface area (Å²) in [4.78, 5) is 18.6. The van der Waals surface area contributed by atoms with Gasteiger partial charge in [-0.2, -0.15) is 0 Å². The van der Waals surface area contributed by atoms with Crippen molar-refractivity contribution in [1.82, 2.24) is 10.3 Å². The first kappa shape index (κ1) is 23.9. The third-order valence-corrected chi connectivity index (χ3v) is 8.81. The van der Waals surface area contributed by atoms with Crippen LogP contribution in [0.4, 0.5) is 0 Å². The van der Waals surface area contributed by atoms with Gasteiger partial charge in [0, 0.05) is 12.3 Å². The van der Waals surface area contributed by atoms with Crippen molar-refractivity contribution in [3.05, 3.63) is 77.9 Å². The zero-order valence-electron chi connectivity index (χ0n) is 20.2. The minimum absolute atomic E-state index is 0.116. The number of nitrogens with one attached hydrogen (secondary N) is 1. The number of thiazole rings is 1. The fraction of sp³-hybridized carbons (Fsp3) is 0.310. The van der Waals surface area contributed by atoms with E-state index in [1.807, 2.05) is 19.1 Å². The number of thioether (sulfide) groups is 1. The molecular formula is C29H30N2O2S2. The second-order valence-electron chi connectivity index (χ2n) is 8.75. The van der Waals surface area contributed by atoms with Gasteiger partial charge >= 0.3 is 0 Å². The van der Waals surface area contributed by atoms with Crippen LogP contribution in [0.25, 0.3) is 21.3 Å². The number of amides is 1. The van der Waals surface area contributed by atoms with Crippen molar-refractivity contribution >= 4 is 39.2 Å². The Hall–Kier alpha value is -2.83. The third kappa shape index (κ3) is 4.45. The number of hydrogen-bond acceptors (Lipinski definition) is 5. The Balaban J connectivity index is 1.37. The quantitative estimate of drug-likeness (QED) is 0.186. The molecule has 0 fully saturated rings. The van der Waals surface area contributed by atoms with Crippen LogP contribution < -0.4 is 10.1 Å². The van der Waals surface area contributed by atoms with Crippen molar-refractivity contribution in [2.45, 2.75) is 42.9 Å². The average Bonchev–Trinajstić information content (AvgIpc) is 3.42. The highest BCUT2D eigenvalue weighted by molar-refractivity contribution is 8.01. The van der Waals surface area contributed by atoms with Crippen LogP contribution in [0.3, 0.4) is 0 Å². The van der Waals surface area contributed by atoms with Crippen molar-refractivity contribution < 1.29 is 9.53 Å². The van der Waals surface area contributed by atoms with Gasteiger partial charge in [-0.1, -0.05) is 67.2 Å². The van der Waals surface area contributed by atoms with Crippen molar-refractivity contribution in [2.24, 2.45) is 0 Å². The van der Waals surface area contributed by atoms with Gasteiger partial charge in [0.15, 0.2) is 4.34 Å². The molecule has 1 aromatic heterocycles. The molecule has 1 aliphatic carbocycles. The van der Waals surface area contributed by atoms with Gasteiger partial charge in [-0.15, -0.1) is 11.3 Å². The Morgan fingerprint density at radius 1 is 1.03 bits per heavy atom. The van der Waals surface area contributed by atoms with Gasteiger partial charge in [0.2, 0.25) is 5.91 Å². The molecule has 0 unspecified atom stereocenters. The minimum Gasteiger partial charge on any atom is -0.494 e. The predicted molar refractivity (Wildman–Crippen MR) is 147 cm³/mol. The first-order chi connectivity index (χ1) is 17.2. The van der Waals surface area contributed by atoms with Gasteiger partial charge in [0.25, 0.3) is 0 Å². The highest BCUT2D eigenvalue weighted by Gasteiger charge is 2.48. The summed E-state index contributed by atoms with van der Waals surface area (Å²) in [5.41, 5.74) is 4.97. The maximum absolute atomic E-state index is 13.8. The first-order valence-electron chi connectivity index (χ1n) is 12.3. The van der Waals surface area contributed by atoms with Gasteiger partial charge in [-0.25, -0.2) is 4.98 Å². The summed E-state index contributed by atoms with van der Waals surface area (Å²) in [7, 11) is 0. The summed E-state index contributed by atoms with van der Waals surface area (Å²) in [5, 5.41) is 3.22. The lowest BCUT2D eigenvalue weighted by Crippen LogP contribution is -2.44. The Morgan fingerprint density at radius 3 is 2.43 bits per heavy atom. The van der Waals surface area contributed by atoms with Crippen molar-refractivity contribution in [3.8, 4) is 16.9 Å². The molecule has 4 aromatic rings. The van der Waals surface area contributed by atoms with E-state index in [4.69, 9.17) is 9.72 Å². The Morgan fingerprint density at radius 2 is 1.74 bits per heavy atom. The number of carbonyl (C=O) groups excluding carboxylic acids is 1. The number of hydrogen-bond donors (Lipinski definition) is 1. The van der Waals surface area contributed by atoms with E-state index in [0.717, 1.165) is 56.4 Å². The lowest BCUT2D eigenvalue weighted by atomic mass is 9.73. The number of aromatic nitrogens is 1. The largest absolute Gasteiger partial charge is 0.494 e. The van der Waals surface area contributed by atoms with Gasteiger partial charge < -0.3 is 10.1 Å². The summed E-state index contributed by atoms with van der Waals surface area (Å²) < 4.78 is 7.84. The molecule has 0 bridgehead atoms. The molecule has 6 heteroatoms. The molecule has 0 radical (unpaired) electrons. The number of fused-ring (bicyclic) bond motifs is 4. The molecule has 3 aromatic carbocycles. The van der Waals surface area contributed by atoms with Crippen molar-refractivity contribution in [2.75, 3.05) is 18.9 Å². The van der Waals surface area contributed by atoms with Crippen molar-refractivity contribution in [1.29, 1.82) is 0 Å². The average molecular weight is 503 g/mol. The molecule has 5 rings (SSSR count). The summed E-state index contributed by atoms with van der Waals surface area (Å²) in [6, 6.07) is 22.9. The van der Waals surface area contributed by atoms with Crippen LogP contribution in [0.2, 0.25) is 0 Å². The number of carbonyl (C=O) groups is 1.